The molecule has 2 aliphatic rings. The van der Waals surface area contributed by atoms with Gasteiger partial charge >= 0.3 is 7.82 Å². The van der Waals surface area contributed by atoms with Crippen molar-refractivity contribution in [1.82, 2.24) is 15.2 Å². The lowest BCUT2D eigenvalue weighted by atomic mass is 9.72. The van der Waals surface area contributed by atoms with Gasteiger partial charge in [-0.1, -0.05) is 77.5 Å². The Bertz CT molecular complexity index is 2110. The second-order valence-corrected chi connectivity index (χ2v) is 21.6. The van der Waals surface area contributed by atoms with Crippen molar-refractivity contribution in [2.24, 2.45) is 23.2 Å². The first-order valence-electron chi connectivity index (χ1n) is 24.2. The van der Waals surface area contributed by atoms with E-state index in [1.54, 1.807) is 52.8 Å². The lowest BCUT2D eigenvalue weighted by molar-refractivity contribution is -0.334. The number of phosphoric acid groups is 1. The van der Waals surface area contributed by atoms with Crippen LogP contribution in [0.15, 0.2) is 63.9 Å². The number of carbonyl (C=O) groups excluding carboxylic acids is 1. The standard InChI is InChI=1S/C51H83N4O15P/c1-29(21-22-52)17-15-18-30(2)31(3)23-32(4)43(58)36(8)39(56)25-42(66-14)46-47(70-71(62,63)64)50(9,10)51(69-46)26-40(57)35(7)41(68-51)20-16-19-37-27-67-49(54-37)33(5)24-34(6)53-48(61)45(60)44(59)38(28-65-13)55(11)12/h15-19,21,23,27,32-36,38-47,56-60H,20,24-26,28H2,1-14H3,(H,53,61)(H2,62,63,64)/t32-,33+,34-,35+,36+,38+,39+,40-,41+,42+,43-,44+,45+,46-,47+,51+/m0/s1. The van der Waals surface area contributed by atoms with Crippen molar-refractivity contribution >= 4 is 19.8 Å². The molecule has 16 atom stereocenters. The average molecular weight is 1020 g/mol. The summed E-state index contributed by atoms with van der Waals surface area (Å²) in [6, 6.07) is 0.980. The van der Waals surface area contributed by atoms with Crippen molar-refractivity contribution in [3.63, 3.8) is 0 Å². The number of phosphoric ester groups is 1. The Morgan fingerprint density at radius 2 is 1.72 bits per heavy atom. The monoisotopic (exact) mass is 1020 g/mol. The molecule has 0 bridgehead atoms. The Morgan fingerprint density at radius 1 is 1.06 bits per heavy atom. The van der Waals surface area contributed by atoms with Gasteiger partial charge in [0.25, 0.3) is 5.91 Å². The fourth-order valence-corrected chi connectivity index (χ4v) is 10.0. The highest BCUT2D eigenvalue weighted by molar-refractivity contribution is 7.46. The first kappa shape index (κ1) is 61.9. The Balaban J connectivity index is 1.76. The number of hydrogen-bond acceptors (Lipinski definition) is 16. The molecule has 1 aromatic heterocycles. The number of oxazole rings is 1. The summed E-state index contributed by atoms with van der Waals surface area (Å²) in [7, 11) is 1.13. The molecule has 20 heteroatoms. The molecule has 0 saturated carbocycles. The smallest absolute Gasteiger partial charge is 0.448 e. The lowest BCUT2D eigenvalue weighted by Crippen LogP contribution is -2.58. The molecule has 2 fully saturated rings. The minimum absolute atomic E-state index is 0.0661. The molecule has 402 valence electrons. The third-order valence-corrected chi connectivity index (χ3v) is 14.7. The number of methoxy groups -OCH3 is 2. The van der Waals surface area contributed by atoms with Crippen LogP contribution in [-0.2, 0) is 32.8 Å². The summed E-state index contributed by atoms with van der Waals surface area (Å²) in [4.78, 5) is 39.5. The van der Waals surface area contributed by atoms with Gasteiger partial charge in [0, 0.05) is 68.3 Å². The van der Waals surface area contributed by atoms with E-state index in [-0.39, 0.29) is 37.7 Å². The zero-order chi connectivity index (χ0) is 53.8. The number of nitriles is 1. The molecule has 8 N–H and O–H groups in total. The van der Waals surface area contributed by atoms with Crippen LogP contribution in [0, 0.1) is 34.5 Å². The first-order valence-corrected chi connectivity index (χ1v) is 25.8. The Morgan fingerprint density at radius 3 is 2.31 bits per heavy atom. The highest BCUT2D eigenvalue weighted by Crippen LogP contribution is 2.59. The van der Waals surface area contributed by atoms with Gasteiger partial charge in [-0.3, -0.25) is 9.32 Å². The second-order valence-electron chi connectivity index (χ2n) is 20.4. The van der Waals surface area contributed by atoms with Crippen molar-refractivity contribution in [2.75, 3.05) is 34.9 Å². The van der Waals surface area contributed by atoms with E-state index in [2.05, 4.69) is 10.3 Å². The van der Waals surface area contributed by atoms with Gasteiger partial charge in [-0.25, -0.2) is 9.55 Å². The summed E-state index contributed by atoms with van der Waals surface area (Å²) in [6.45, 7) is 18.2. The van der Waals surface area contributed by atoms with Crippen molar-refractivity contribution < 1.29 is 72.6 Å². The van der Waals surface area contributed by atoms with Gasteiger partial charge in [0.05, 0.1) is 49.2 Å². The van der Waals surface area contributed by atoms with Crippen LogP contribution in [0.1, 0.15) is 112 Å². The predicted octanol–water partition coefficient (Wildman–Crippen LogP) is 5.08. The van der Waals surface area contributed by atoms with Crippen molar-refractivity contribution in [3.05, 3.63) is 71.0 Å². The lowest BCUT2D eigenvalue weighted by Gasteiger charge is -2.50. The van der Waals surface area contributed by atoms with Crippen LogP contribution < -0.4 is 5.32 Å². The summed E-state index contributed by atoms with van der Waals surface area (Å²) >= 11 is 0. The molecule has 71 heavy (non-hydrogen) atoms. The van der Waals surface area contributed by atoms with E-state index in [9.17, 15) is 44.7 Å². The number of carbonyl (C=O) groups is 1. The summed E-state index contributed by atoms with van der Waals surface area (Å²) in [5.74, 6) is -3.67. The third-order valence-electron chi connectivity index (χ3n) is 14.2. The number of nitrogens with one attached hydrogen (secondary N) is 1. The number of ether oxygens (including phenoxy) is 4. The number of aliphatic hydroxyl groups is 5. The molecule has 1 spiro atoms. The number of allylic oxidation sites excluding steroid dienone is 7. The summed E-state index contributed by atoms with van der Waals surface area (Å²) in [5.41, 5.74) is 1.87. The highest BCUT2D eigenvalue weighted by atomic mass is 31.2. The van der Waals surface area contributed by atoms with Crippen LogP contribution in [0.4, 0.5) is 0 Å². The van der Waals surface area contributed by atoms with Crippen molar-refractivity contribution in [3.8, 4) is 6.07 Å². The molecule has 3 rings (SSSR count). The summed E-state index contributed by atoms with van der Waals surface area (Å²) in [6.07, 6.45) is 4.05. The molecule has 2 saturated heterocycles. The van der Waals surface area contributed by atoms with Gasteiger partial charge in [-0.05, 0) is 71.9 Å². The normalized spacial score (nSPS) is 27.8. The van der Waals surface area contributed by atoms with Crippen molar-refractivity contribution in [1.29, 1.82) is 5.26 Å². The largest absolute Gasteiger partial charge is 0.469 e. The average Bonchev–Trinajstić information content (AvgIpc) is 3.84. The van der Waals surface area contributed by atoms with Crippen LogP contribution in [-0.4, -0.2) is 159 Å². The van der Waals surface area contributed by atoms with Gasteiger partial charge < -0.3 is 68.9 Å². The number of aromatic nitrogens is 1. The fraction of sp³-hybridized carbons (Fsp3) is 0.706. The molecule has 1 aromatic rings. The van der Waals surface area contributed by atoms with Gasteiger partial charge in [-0.2, -0.15) is 5.26 Å². The number of aliphatic hydroxyl groups excluding tert-OH is 5. The second kappa shape index (κ2) is 27.2. The van der Waals surface area contributed by atoms with E-state index < -0.39 is 104 Å². The molecule has 0 aliphatic carbocycles. The van der Waals surface area contributed by atoms with Crippen LogP contribution in [0.2, 0.25) is 0 Å². The predicted molar refractivity (Wildman–Crippen MR) is 267 cm³/mol. The van der Waals surface area contributed by atoms with E-state index in [0.29, 0.717) is 18.0 Å². The molecule has 0 aromatic carbocycles. The van der Waals surface area contributed by atoms with Gasteiger partial charge in [0.1, 0.15) is 30.3 Å². The number of hydrogen-bond donors (Lipinski definition) is 8. The number of nitrogens with zero attached hydrogens (tertiary/aromatic N) is 3. The number of amides is 1. The number of rotatable bonds is 26. The molecule has 0 unspecified atom stereocenters. The summed E-state index contributed by atoms with van der Waals surface area (Å²) < 4.78 is 48.3. The zero-order valence-corrected chi connectivity index (χ0v) is 44.9. The van der Waals surface area contributed by atoms with E-state index in [4.69, 9.17) is 33.2 Å². The molecule has 2 aliphatic heterocycles. The maximum absolute atomic E-state index is 12.8. The maximum Gasteiger partial charge on any atom is 0.469 e. The first-order chi connectivity index (χ1) is 33.0. The molecule has 1 amide bonds. The van der Waals surface area contributed by atoms with E-state index >= 15 is 0 Å². The van der Waals surface area contributed by atoms with Gasteiger partial charge in [0.2, 0.25) is 0 Å². The maximum atomic E-state index is 12.8. The van der Waals surface area contributed by atoms with Crippen LogP contribution in [0.25, 0.3) is 6.08 Å². The van der Waals surface area contributed by atoms with Crippen LogP contribution in [0.5, 0.6) is 0 Å². The van der Waals surface area contributed by atoms with Gasteiger partial charge in [0.15, 0.2) is 17.8 Å². The van der Waals surface area contributed by atoms with Crippen LogP contribution in [0.3, 0.4) is 0 Å². The SMILES string of the molecule is COC[C@H]([C@@H](O)[C@@H](O)C(=O)N[C@@H](C)C[C@@H](C)c1nc(C=CC[C@H]2O[C@]3(C[C@H](O)[C@H]2C)O[C@@H]([C@@H](C[C@@H](O)[C@@H](C)[C@@H](O)[C@@H](C)C=C(C)C(C)=CC=CC(C)=CC#N)OC)[C@@H](OP(=O)(O)O)C3(C)C)co1)N(C)C. The third kappa shape index (κ3) is 16.8. The van der Waals surface area contributed by atoms with E-state index in [1.165, 1.54) is 26.6 Å². The molecule has 3 heterocycles. The van der Waals surface area contributed by atoms with E-state index in [0.717, 1.165) is 16.7 Å². The van der Waals surface area contributed by atoms with E-state index in [1.807, 2.05) is 78.0 Å². The Kier molecular flexibility index (Phi) is 23.7. The number of likely N-dealkylation sites (N-methyl/N-ethyl adjacent to an activating group) is 1. The topological polar surface area (TPSA) is 287 Å². The van der Waals surface area contributed by atoms with Crippen molar-refractivity contribution in [2.45, 2.75) is 174 Å². The Labute approximate surface area is 420 Å². The molecular formula is C51H83N4O15P. The minimum atomic E-state index is -5.16. The minimum Gasteiger partial charge on any atom is -0.448 e. The highest BCUT2D eigenvalue weighted by Gasteiger charge is 2.68. The fourth-order valence-electron chi connectivity index (χ4n) is 9.34. The zero-order valence-electron chi connectivity index (χ0n) is 44.0. The van der Waals surface area contributed by atoms with Gasteiger partial charge in [-0.15, -0.1) is 0 Å². The van der Waals surface area contributed by atoms with Crippen LogP contribution >= 0.6 is 7.82 Å². The quantitative estimate of drug-likeness (QED) is 0.0341. The Hall–Kier alpha value is -3.42. The molecular weight excluding hydrogens is 940 g/mol. The molecule has 19 nitrogen and oxygen atoms in total. The summed E-state index contributed by atoms with van der Waals surface area (Å²) in [5, 5.41) is 67.4. The molecule has 0 radical (unpaired) electrons.